The fourth-order valence-electron chi connectivity index (χ4n) is 2.74. The van der Waals surface area contributed by atoms with Crippen LogP contribution in [-0.2, 0) is 26.2 Å². The molecule has 0 unspecified atom stereocenters. The molecule has 1 aromatic heterocycles. The average molecular weight is 481 g/mol. The standard InChI is InChI=1S/C20H28BN3O6S2/c1-13-5-8-15(9-6-13)32(29,30)24-16(11-18(25)23-20(2,3)4)19(26)22-12-14-7-10-17(31-14)21(27)28/h5-10,16,24,27-28H,11-12H2,1-4H3,(H,22,26)(H,23,25)/t16-/m0/s1. The first-order valence-corrected chi connectivity index (χ1v) is 12.2. The molecule has 0 saturated heterocycles. The highest BCUT2D eigenvalue weighted by Crippen LogP contribution is 2.13. The smallest absolute Gasteiger partial charge is 0.423 e. The third kappa shape index (κ3) is 8.03. The van der Waals surface area contributed by atoms with Gasteiger partial charge in [-0.1, -0.05) is 23.8 Å². The number of amides is 2. The van der Waals surface area contributed by atoms with Crippen LogP contribution in [0.1, 0.15) is 37.6 Å². The topological polar surface area (TPSA) is 145 Å². The minimum absolute atomic E-state index is 0.0167. The van der Waals surface area contributed by atoms with E-state index in [-0.39, 0.29) is 17.9 Å². The van der Waals surface area contributed by atoms with Gasteiger partial charge in [-0.15, -0.1) is 11.3 Å². The number of aryl methyl sites for hydroxylation is 1. The highest BCUT2D eigenvalue weighted by Gasteiger charge is 2.29. The van der Waals surface area contributed by atoms with E-state index in [2.05, 4.69) is 15.4 Å². The Labute approximate surface area is 192 Å². The van der Waals surface area contributed by atoms with Crippen LogP contribution < -0.4 is 20.1 Å². The van der Waals surface area contributed by atoms with Crippen LogP contribution in [-0.4, -0.2) is 49.0 Å². The van der Waals surface area contributed by atoms with Crippen LogP contribution in [0.3, 0.4) is 0 Å². The van der Waals surface area contributed by atoms with E-state index in [0.29, 0.717) is 9.65 Å². The van der Waals surface area contributed by atoms with Crippen LogP contribution in [0.15, 0.2) is 41.3 Å². The molecule has 174 valence electrons. The molecule has 32 heavy (non-hydrogen) atoms. The molecule has 2 rings (SSSR count). The fraction of sp³-hybridized carbons (Fsp3) is 0.400. The van der Waals surface area contributed by atoms with E-state index < -0.39 is 40.5 Å². The zero-order valence-corrected chi connectivity index (χ0v) is 20.0. The van der Waals surface area contributed by atoms with Crippen molar-refractivity contribution in [2.45, 2.75) is 57.1 Å². The highest BCUT2D eigenvalue weighted by atomic mass is 32.2. The second kappa shape index (κ2) is 10.6. The molecule has 0 bridgehead atoms. The number of hydrogen-bond acceptors (Lipinski definition) is 7. The molecule has 1 aromatic carbocycles. The Balaban J connectivity index is 2.17. The molecule has 0 radical (unpaired) electrons. The van der Waals surface area contributed by atoms with Crippen molar-refractivity contribution in [3.05, 3.63) is 46.8 Å². The Hall–Kier alpha value is -2.25. The van der Waals surface area contributed by atoms with Gasteiger partial charge in [-0.2, -0.15) is 4.72 Å². The first-order valence-electron chi connectivity index (χ1n) is 9.89. The number of nitrogens with one attached hydrogen (secondary N) is 3. The molecular formula is C20H28BN3O6S2. The summed E-state index contributed by atoms with van der Waals surface area (Å²) in [6.45, 7) is 7.20. The third-order valence-electron chi connectivity index (χ3n) is 4.22. The Morgan fingerprint density at radius 3 is 2.25 bits per heavy atom. The first-order chi connectivity index (χ1) is 14.8. The predicted molar refractivity (Wildman–Crippen MR) is 124 cm³/mol. The minimum atomic E-state index is -4.06. The van der Waals surface area contributed by atoms with Crippen molar-refractivity contribution in [1.82, 2.24) is 15.4 Å². The maximum absolute atomic E-state index is 12.8. The molecule has 1 heterocycles. The Bertz CT molecular complexity index is 1050. The molecule has 9 nitrogen and oxygen atoms in total. The van der Waals surface area contributed by atoms with Gasteiger partial charge in [-0.3, -0.25) is 9.59 Å². The number of benzene rings is 1. The second-order valence-corrected chi connectivity index (χ2v) is 11.3. The molecule has 1 atom stereocenters. The van der Waals surface area contributed by atoms with Gasteiger partial charge in [-0.05, 0) is 45.9 Å². The number of carbonyl (C=O) groups is 2. The molecule has 0 aliphatic carbocycles. The molecule has 5 N–H and O–H groups in total. The van der Waals surface area contributed by atoms with Crippen molar-refractivity contribution in [1.29, 1.82) is 0 Å². The maximum atomic E-state index is 12.8. The fourth-order valence-corrected chi connectivity index (χ4v) is 4.76. The van der Waals surface area contributed by atoms with Gasteiger partial charge in [0.05, 0.1) is 17.9 Å². The number of hydrogen-bond donors (Lipinski definition) is 5. The van der Waals surface area contributed by atoms with Crippen molar-refractivity contribution < 1.29 is 28.1 Å². The van der Waals surface area contributed by atoms with E-state index in [0.717, 1.165) is 16.9 Å². The van der Waals surface area contributed by atoms with Crippen LogP contribution in [0.25, 0.3) is 0 Å². The number of sulfonamides is 1. The van der Waals surface area contributed by atoms with E-state index in [1.165, 1.54) is 18.2 Å². The summed E-state index contributed by atoms with van der Waals surface area (Å²) in [6.07, 6.45) is -0.390. The quantitative estimate of drug-likeness (QED) is 0.319. The summed E-state index contributed by atoms with van der Waals surface area (Å²) in [5, 5.41) is 23.7. The molecule has 0 aliphatic rings. The van der Waals surface area contributed by atoms with Crippen LogP contribution >= 0.6 is 11.3 Å². The molecule has 12 heteroatoms. The maximum Gasteiger partial charge on any atom is 0.499 e. The van der Waals surface area contributed by atoms with E-state index in [9.17, 15) is 28.1 Å². The van der Waals surface area contributed by atoms with Crippen LogP contribution in [0.4, 0.5) is 0 Å². The lowest BCUT2D eigenvalue weighted by atomic mass is 9.90. The van der Waals surface area contributed by atoms with Gasteiger partial charge >= 0.3 is 7.12 Å². The molecule has 0 fully saturated rings. The Kier molecular flexibility index (Phi) is 8.60. The summed E-state index contributed by atoms with van der Waals surface area (Å²) in [7, 11) is -5.67. The highest BCUT2D eigenvalue weighted by molar-refractivity contribution is 7.89. The molecule has 0 saturated carbocycles. The van der Waals surface area contributed by atoms with Crippen LogP contribution in [0, 0.1) is 6.92 Å². The Morgan fingerprint density at radius 1 is 1.09 bits per heavy atom. The normalized spacial score (nSPS) is 12.8. The lowest BCUT2D eigenvalue weighted by Crippen LogP contribution is -2.50. The summed E-state index contributed by atoms with van der Waals surface area (Å²) >= 11 is 1.10. The second-order valence-electron chi connectivity index (χ2n) is 8.38. The summed E-state index contributed by atoms with van der Waals surface area (Å²) in [6, 6.07) is 7.93. The monoisotopic (exact) mass is 481 g/mol. The van der Waals surface area contributed by atoms with E-state index in [4.69, 9.17) is 0 Å². The molecule has 2 aromatic rings. The van der Waals surface area contributed by atoms with Gasteiger partial charge in [0, 0.05) is 15.2 Å². The zero-order chi connectivity index (χ0) is 24.1. The van der Waals surface area contributed by atoms with E-state index in [1.54, 1.807) is 39.0 Å². The summed E-state index contributed by atoms with van der Waals surface area (Å²) < 4.78 is 28.2. The van der Waals surface area contributed by atoms with E-state index >= 15 is 0 Å². The van der Waals surface area contributed by atoms with Gasteiger partial charge in [0.2, 0.25) is 21.8 Å². The van der Waals surface area contributed by atoms with Crippen LogP contribution in [0.5, 0.6) is 0 Å². The number of carbonyl (C=O) groups excluding carboxylic acids is 2. The van der Waals surface area contributed by atoms with Crippen molar-refractivity contribution in [3.63, 3.8) is 0 Å². The van der Waals surface area contributed by atoms with Gasteiger partial charge in [0.1, 0.15) is 6.04 Å². The summed E-state index contributed by atoms with van der Waals surface area (Å²) in [5.41, 5.74) is 0.331. The van der Waals surface area contributed by atoms with Gasteiger partial charge in [-0.25, -0.2) is 8.42 Å². The van der Waals surface area contributed by atoms with Crippen molar-refractivity contribution >= 4 is 45.1 Å². The van der Waals surface area contributed by atoms with Crippen molar-refractivity contribution in [2.75, 3.05) is 0 Å². The third-order valence-corrected chi connectivity index (χ3v) is 6.84. The van der Waals surface area contributed by atoms with E-state index in [1.807, 2.05) is 6.92 Å². The molecular weight excluding hydrogens is 453 g/mol. The summed E-state index contributed by atoms with van der Waals surface area (Å²) in [5.74, 6) is -1.16. The number of rotatable bonds is 9. The zero-order valence-electron chi connectivity index (χ0n) is 18.4. The van der Waals surface area contributed by atoms with Gasteiger partial charge in [0.15, 0.2) is 0 Å². The Morgan fingerprint density at radius 2 is 1.72 bits per heavy atom. The van der Waals surface area contributed by atoms with Gasteiger partial charge < -0.3 is 20.7 Å². The lowest BCUT2D eigenvalue weighted by molar-refractivity contribution is -0.128. The van der Waals surface area contributed by atoms with Crippen molar-refractivity contribution in [2.24, 2.45) is 0 Å². The molecule has 0 spiro atoms. The van der Waals surface area contributed by atoms with Gasteiger partial charge in [0.25, 0.3) is 0 Å². The average Bonchev–Trinajstić information content (AvgIpc) is 3.13. The molecule has 2 amide bonds. The van der Waals surface area contributed by atoms with Crippen LogP contribution in [0.2, 0.25) is 0 Å². The SMILES string of the molecule is Cc1ccc(S(=O)(=O)N[C@@H](CC(=O)NC(C)(C)C)C(=O)NCc2ccc(B(O)O)s2)cc1. The lowest BCUT2D eigenvalue weighted by Gasteiger charge is -2.23. The largest absolute Gasteiger partial charge is 0.499 e. The summed E-state index contributed by atoms with van der Waals surface area (Å²) in [4.78, 5) is 25.8. The van der Waals surface area contributed by atoms with Crippen molar-refractivity contribution in [3.8, 4) is 0 Å². The number of thiophene rings is 1. The predicted octanol–water partition coefficient (Wildman–Crippen LogP) is 0.00442. The molecule has 0 aliphatic heterocycles. The first kappa shape index (κ1) is 26.0. The minimum Gasteiger partial charge on any atom is -0.423 e.